The monoisotopic (exact) mass is 588 g/mol. The van der Waals surface area contributed by atoms with E-state index < -0.39 is 10.0 Å². The molecule has 8 nitrogen and oxygen atoms in total. The lowest BCUT2D eigenvalue weighted by Gasteiger charge is -2.25. The number of nitrogens with one attached hydrogen (secondary N) is 2. The summed E-state index contributed by atoms with van der Waals surface area (Å²) in [6.07, 6.45) is 5.09. The second-order valence-electron chi connectivity index (χ2n) is 12.1. The number of sulfonamides is 1. The first-order valence-electron chi connectivity index (χ1n) is 14.9. The molecule has 0 radical (unpaired) electrons. The summed E-state index contributed by atoms with van der Waals surface area (Å²) in [6, 6.07) is 19.7. The van der Waals surface area contributed by atoms with Crippen LogP contribution in [0.1, 0.15) is 54.4 Å². The van der Waals surface area contributed by atoms with E-state index in [0.29, 0.717) is 13.1 Å². The third kappa shape index (κ3) is 5.58. The lowest BCUT2D eigenvalue weighted by Crippen LogP contribution is -2.41. The topological polar surface area (TPSA) is 102 Å². The minimum Gasteiger partial charge on any atom is -0.392 e. The Morgan fingerprint density at radius 2 is 1.76 bits per heavy atom. The summed E-state index contributed by atoms with van der Waals surface area (Å²) in [4.78, 5) is 17.9. The summed E-state index contributed by atoms with van der Waals surface area (Å²) in [5, 5.41) is 13.0. The van der Waals surface area contributed by atoms with Crippen molar-refractivity contribution in [1.29, 1.82) is 0 Å². The molecule has 3 aliphatic rings. The lowest BCUT2D eigenvalue weighted by atomic mass is 9.79. The van der Waals surface area contributed by atoms with Crippen LogP contribution in [-0.4, -0.2) is 57.2 Å². The molecule has 2 heterocycles. The van der Waals surface area contributed by atoms with Crippen molar-refractivity contribution in [3.05, 3.63) is 82.9 Å². The third-order valence-electron chi connectivity index (χ3n) is 9.34. The summed E-state index contributed by atoms with van der Waals surface area (Å²) in [5.41, 5.74) is 7.93. The summed E-state index contributed by atoms with van der Waals surface area (Å²) < 4.78 is 26.4. The molecule has 2 aliphatic heterocycles. The summed E-state index contributed by atoms with van der Waals surface area (Å²) in [6.45, 7) is 5.63. The number of aryl methyl sites for hydroxylation is 1. The molecule has 1 atom stereocenters. The highest BCUT2D eigenvalue weighted by atomic mass is 32.2. The number of aliphatic hydroxyl groups excluding tert-OH is 1. The molecule has 1 unspecified atom stereocenters. The summed E-state index contributed by atoms with van der Waals surface area (Å²) >= 11 is 0. The van der Waals surface area contributed by atoms with Gasteiger partial charge >= 0.3 is 6.03 Å². The Morgan fingerprint density at radius 1 is 1.02 bits per heavy atom. The minimum atomic E-state index is -3.50. The number of hydrogen-bond acceptors (Lipinski definition) is 5. The molecule has 1 saturated heterocycles. The zero-order valence-corrected chi connectivity index (χ0v) is 25.2. The Bertz CT molecular complexity index is 1580. The van der Waals surface area contributed by atoms with E-state index in [1.807, 2.05) is 4.90 Å². The zero-order valence-electron chi connectivity index (χ0n) is 24.4. The molecule has 222 valence electrons. The first-order valence-corrected chi connectivity index (χ1v) is 16.4. The largest absolute Gasteiger partial charge is 0.392 e. The van der Waals surface area contributed by atoms with Gasteiger partial charge in [0.1, 0.15) is 0 Å². The number of carbonyl (C=O) groups is 1. The van der Waals surface area contributed by atoms with Crippen molar-refractivity contribution in [1.82, 2.24) is 14.9 Å². The van der Waals surface area contributed by atoms with Crippen LogP contribution in [0.15, 0.2) is 65.6 Å². The van der Waals surface area contributed by atoms with E-state index in [-0.39, 0.29) is 22.4 Å². The molecule has 2 fully saturated rings. The maximum absolute atomic E-state index is 13.5. The van der Waals surface area contributed by atoms with Gasteiger partial charge in [0.2, 0.25) is 10.0 Å². The number of likely N-dealkylation sites (tertiary alicyclic amines) is 1. The quantitative estimate of drug-likeness (QED) is 0.372. The molecule has 3 N–H and O–H groups in total. The number of aliphatic hydroxyl groups is 1. The Labute approximate surface area is 248 Å². The fourth-order valence-corrected chi connectivity index (χ4v) is 7.70. The number of urea groups is 1. The average Bonchev–Trinajstić information content (AvgIpc) is 3.72. The van der Waals surface area contributed by atoms with Crippen LogP contribution in [0.25, 0.3) is 11.1 Å². The van der Waals surface area contributed by atoms with E-state index in [4.69, 9.17) is 0 Å². The van der Waals surface area contributed by atoms with Crippen molar-refractivity contribution in [3.8, 4) is 11.1 Å². The molecule has 6 rings (SSSR count). The molecule has 0 bridgehead atoms. The van der Waals surface area contributed by atoms with E-state index in [0.717, 1.165) is 63.0 Å². The van der Waals surface area contributed by atoms with E-state index in [9.17, 15) is 18.3 Å². The van der Waals surface area contributed by atoms with Gasteiger partial charge in [-0.3, -0.25) is 9.80 Å². The second kappa shape index (κ2) is 11.4. The molecule has 0 aromatic heterocycles. The average molecular weight is 589 g/mol. The van der Waals surface area contributed by atoms with Crippen LogP contribution in [0.3, 0.4) is 0 Å². The van der Waals surface area contributed by atoms with Gasteiger partial charge < -0.3 is 10.4 Å². The Morgan fingerprint density at radius 3 is 2.45 bits per heavy atom. The van der Waals surface area contributed by atoms with E-state index in [2.05, 4.69) is 58.3 Å². The molecule has 2 amide bonds. The Balaban J connectivity index is 1.23. The molecule has 1 aliphatic carbocycles. The molecule has 3 aromatic rings. The van der Waals surface area contributed by atoms with E-state index in [1.54, 1.807) is 24.3 Å². The molecule has 1 saturated carbocycles. The Hall–Kier alpha value is -3.24. The molecule has 3 aromatic carbocycles. The number of β-amino-alcohol motifs (C(OH)–C–C–N with tert-alkyl or cyclic N) is 1. The van der Waals surface area contributed by atoms with Gasteiger partial charge in [0.15, 0.2) is 0 Å². The fourth-order valence-electron chi connectivity index (χ4n) is 6.97. The number of rotatable bonds is 7. The van der Waals surface area contributed by atoms with Crippen LogP contribution in [-0.2, 0) is 28.5 Å². The van der Waals surface area contributed by atoms with Gasteiger partial charge in [0.25, 0.3) is 0 Å². The smallest absolute Gasteiger partial charge is 0.322 e. The summed E-state index contributed by atoms with van der Waals surface area (Å²) in [7, 11) is -2.11. The van der Waals surface area contributed by atoms with Crippen LogP contribution in [0.4, 0.5) is 10.5 Å². The molecular formula is C33H40N4O4S. The number of benzene rings is 3. The number of hydrogen-bond donors (Lipinski definition) is 3. The Kier molecular flexibility index (Phi) is 7.87. The number of anilines is 1. The highest BCUT2D eigenvalue weighted by Crippen LogP contribution is 2.51. The maximum Gasteiger partial charge on any atom is 0.322 e. The third-order valence-corrected chi connectivity index (χ3v) is 10.8. The number of amides is 2. The van der Waals surface area contributed by atoms with Gasteiger partial charge in [0, 0.05) is 43.8 Å². The van der Waals surface area contributed by atoms with Gasteiger partial charge in [-0.05, 0) is 96.9 Å². The van der Waals surface area contributed by atoms with Crippen molar-refractivity contribution < 1.29 is 18.3 Å². The highest BCUT2D eigenvalue weighted by molar-refractivity contribution is 7.89. The molecule has 1 spiro atoms. The van der Waals surface area contributed by atoms with Gasteiger partial charge in [0.05, 0.1) is 11.0 Å². The van der Waals surface area contributed by atoms with Gasteiger partial charge in [-0.1, -0.05) is 43.2 Å². The van der Waals surface area contributed by atoms with Crippen LogP contribution in [0.2, 0.25) is 0 Å². The predicted molar refractivity (Wildman–Crippen MR) is 165 cm³/mol. The van der Waals surface area contributed by atoms with Crippen molar-refractivity contribution in [2.75, 3.05) is 31.6 Å². The van der Waals surface area contributed by atoms with Crippen LogP contribution < -0.4 is 14.9 Å². The number of nitrogens with zero attached hydrogens (tertiary/aromatic N) is 2. The number of fused-ring (bicyclic) bond motifs is 2. The van der Waals surface area contributed by atoms with Crippen molar-refractivity contribution in [2.24, 2.45) is 0 Å². The first-order chi connectivity index (χ1) is 20.2. The molecule has 42 heavy (non-hydrogen) atoms. The SMILES string of the molecule is CNS(=O)(=O)c1ccc(CNC(=O)N2CC3(CCCC3)c3cc(-c4cc(CN5CCC(O)C5)ccc4C)ccc32)cc1. The van der Waals surface area contributed by atoms with Crippen LogP contribution in [0, 0.1) is 6.92 Å². The predicted octanol–water partition coefficient (Wildman–Crippen LogP) is 4.68. The second-order valence-corrected chi connectivity index (χ2v) is 14.0. The minimum absolute atomic E-state index is 0.0248. The fraction of sp³-hybridized carbons (Fsp3) is 0.424. The van der Waals surface area contributed by atoms with Crippen molar-refractivity contribution >= 4 is 21.7 Å². The van der Waals surface area contributed by atoms with Crippen LogP contribution in [0.5, 0.6) is 0 Å². The van der Waals surface area contributed by atoms with Gasteiger partial charge in [-0.15, -0.1) is 0 Å². The van der Waals surface area contributed by atoms with Crippen LogP contribution >= 0.6 is 0 Å². The van der Waals surface area contributed by atoms with E-state index >= 15 is 0 Å². The zero-order chi connectivity index (χ0) is 29.5. The van der Waals surface area contributed by atoms with Crippen molar-refractivity contribution in [2.45, 2.75) is 68.5 Å². The number of carbonyl (C=O) groups excluding carboxylic acids is 1. The summed E-state index contributed by atoms with van der Waals surface area (Å²) in [5.74, 6) is 0. The van der Waals surface area contributed by atoms with E-state index in [1.165, 1.54) is 34.9 Å². The first kappa shape index (κ1) is 28.9. The lowest BCUT2D eigenvalue weighted by molar-refractivity contribution is 0.175. The van der Waals surface area contributed by atoms with Gasteiger partial charge in [-0.2, -0.15) is 0 Å². The normalized spacial score (nSPS) is 19.9. The standard InChI is InChI=1S/C33H40N4O4S/c1-23-5-6-25(20-36-16-13-27(38)21-36)17-29(23)26-9-12-31-30(18-26)33(14-3-4-15-33)22-37(31)32(39)35-19-24-7-10-28(11-8-24)42(40,41)34-2/h5-12,17-18,27,34,38H,3-4,13-16,19-22H2,1-2H3,(H,35,39). The maximum atomic E-state index is 13.5. The molecular weight excluding hydrogens is 548 g/mol. The van der Waals surface area contributed by atoms with Crippen molar-refractivity contribution in [3.63, 3.8) is 0 Å². The van der Waals surface area contributed by atoms with Gasteiger partial charge in [-0.25, -0.2) is 17.9 Å². The highest BCUT2D eigenvalue weighted by Gasteiger charge is 2.46. The molecule has 9 heteroatoms.